The number of carbonyl (C=O) groups is 2. The summed E-state index contributed by atoms with van der Waals surface area (Å²) in [6.07, 6.45) is 6.49. The molecule has 1 aliphatic heterocycles. The second-order valence-corrected chi connectivity index (χ2v) is 5.15. The van der Waals surface area contributed by atoms with Gasteiger partial charge in [0.2, 0.25) is 0 Å². The number of rotatable bonds is 4. The normalized spacial score (nSPS) is 16.0. The van der Waals surface area contributed by atoms with Gasteiger partial charge in [0, 0.05) is 17.7 Å². The molecule has 1 aliphatic rings. The first kappa shape index (κ1) is 15.6. The number of hydrogen-bond acceptors (Lipinski definition) is 6. The lowest BCUT2D eigenvalue weighted by Gasteiger charge is -2.07. The van der Waals surface area contributed by atoms with Crippen LogP contribution >= 0.6 is 11.8 Å². The van der Waals surface area contributed by atoms with Gasteiger partial charge in [-0.25, -0.2) is 0 Å². The van der Waals surface area contributed by atoms with Gasteiger partial charge in [-0.2, -0.15) is 0 Å². The first-order valence-corrected chi connectivity index (χ1v) is 6.81. The fraction of sp³-hybridized carbons (Fsp3) is 0.143. The number of benzene rings is 1. The van der Waals surface area contributed by atoms with E-state index in [1.165, 1.54) is 31.4 Å². The number of nitro benzene ring substituents is 1. The minimum absolute atomic E-state index is 0.117. The molecule has 1 fully saturated rings. The first-order chi connectivity index (χ1) is 10.5. The van der Waals surface area contributed by atoms with Crippen molar-refractivity contribution in [2.45, 2.75) is 0 Å². The molecule has 0 unspecified atom stereocenters. The Labute approximate surface area is 130 Å². The smallest absolute Gasteiger partial charge is 0.294 e. The number of amides is 2. The number of carbonyl (C=O) groups excluding carboxylic acids is 2. The predicted molar refractivity (Wildman–Crippen MR) is 81.2 cm³/mol. The van der Waals surface area contributed by atoms with Crippen molar-refractivity contribution < 1.29 is 19.2 Å². The molecule has 2 rings (SSSR count). The fourth-order valence-electron chi connectivity index (χ4n) is 1.82. The van der Waals surface area contributed by atoms with Crippen LogP contribution < -0.4 is 4.74 Å². The lowest BCUT2D eigenvalue weighted by molar-refractivity contribution is -0.384. The maximum absolute atomic E-state index is 12.1. The number of non-ortho nitro benzene ring substituents is 1. The molecule has 22 heavy (non-hydrogen) atoms. The molecule has 0 spiro atoms. The van der Waals surface area contributed by atoms with Crippen molar-refractivity contribution in [1.29, 1.82) is 0 Å². The summed E-state index contributed by atoms with van der Waals surface area (Å²) in [4.78, 5) is 35.1. The number of methoxy groups -OCH3 is 1. The van der Waals surface area contributed by atoms with E-state index in [9.17, 15) is 19.7 Å². The second kappa shape index (κ2) is 6.32. The summed E-state index contributed by atoms with van der Waals surface area (Å²) >= 11 is 0.728. The van der Waals surface area contributed by atoms with Crippen molar-refractivity contribution in [2.75, 3.05) is 13.7 Å². The van der Waals surface area contributed by atoms with Crippen LogP contribution in [0.2, 0.25) is 0 Å². The van der Waals surface area contributed by atoms with Gasteiger partial charge in [-0.05, 0) is 23.9 Å². The molecular formula is C14H10N2O5S. The summed E-state index contributed by atoms with van der Waals surface area (Å²) in [7, 11) is 1.41. The molecule has 112 valence electrons. The third-order valence-electron chi connectivity index (χ3n) is 2.83. The summed E-state index contributed by atoms with van der Waals surface area (Å²) in [5.41, 5.74) is 0.192. The van der Waals surface area contributed by atoms with Gasteiger partial charge < -0.3 is 4.74 Å². The van der Waals surface area contributed by atoms with Crippen LogP contribution in [0.25, 0.3) is 6.08 Å². The Balaban J connectivity index is 2.43. The highest BCUT2D eigenvalue weighted by molar-refractivity contribution is 8.18. The average molecular weight is 318 g/mol. The van der Waals surface area contributed by atoms with E-state index in [2.05, 4.69) is 5.92 Å². The summed E-state index contributed by atoms with van der Waals surface area (Å²) in [6, 6.07) is 3.99. The minimum Gasteiger partial charge on any atom is -0.496 e. The number of thioether (sulfide) groups is 1. The van der Waals surface area contributed by atoms with Crippen LogP contribution in [0.3, 0.4) is 0 Å². The Morgan fingerprint density at radius 2 is 2.23 bits per heavy atom. The number of nitrogens with zero attached hydrogens (tertiary/aromatic N) is 2. The van der Waals surface area contributed by atoms with Crippen LogP contribution in [0.15, 0.2) is 23.1 Å². The van der Waals surface area contributed by atoms with Crippen molar-refractivity contribution in [3.8, 4) is 18.1 Å². The summed E-state index contributed by atoms with van der Waals surface area (Å²) in [6.45, 7) is -0.117. The molecule has 0 radical (unpaired) electrons. The van der Waals surface area contributed by atoms with Gasteiger partial charge in [-0.3, -0.25) is 24.6 Å². The van der Waals surface area contributed by atoms with Crippen LogP contribution in [0.1, 0.15) is 5.56 Å². The summed E-state index contributed by atoms with van der Waals surface area (Å²) < 4.78 is 5.11. The number of hydrogen-bond donors (Lipinski definition) is 0. The Hall–Kier alpha value is -2.79. The second-order valence-electron chi connectivity index (χ2n) is 4.16. The van der Waals surface area contributed by atoms with Gasteiger partial charge in [0.05, 0.1) is 23.5 Å². The Morgan fingerprint density at radius 3 is 2.82 bits per heavy atom. The van der Waals surface area contributed by atoms with E-state index in [0.29, 0.717) is 11.3 Å². The van der Waals surface area contributed by atoms with Gasteiger partial charge in [0.15, 0.2) is 0 Å². The van der Waals surface area contributed by atoms with Crippen LogP contribution in [0.4, 0.5) is 10.5 Å². The van der Waals surface area contributed by atoms with Gasteiger partial charge in [0.1, 0.15) is 5.75 Å². The van der Waals surface area contributed by atoms with Crippen LogP contribution in [-0.2, 0) is 4.79 Å². The summed E-state index contributed by atoms with van der Waals surface area (Å²) in [5.74, 6) is 2.06. The molecule has 2 amide bonds. The quantitative estimate of drug-likeness (QED) is 0.366. The molecule has 0 aromatic heterocycles. The minimum atomic E-state index is -0.555. The SMILES string of the molecule is C#CCN1C(=O)S/C(=C/c2cc([N+](=O)[O-])ccc2OC)C1=O. The highest BCUT2D eigenvalue weighted by Crippen LogP contribution is 2.34. The number of nitro groups is 1. The van der Waals surface area contributed by atoms with E-state index in [0.717, 1.165) is 16.7 Å². The van der Waals surface area contributed by atoms with Crippen molar-refractivity contribution in [3.63, 3.8) is 0 Å². The van der Waals surface area contributed by atoms with Crippen LogP contribution in [-0.4, -0.2) is 34.6 Å². The molecule has 1 saturated heterocycles. The van der Waals surface area contributed by atoms with Crippen molar-refractivity contribution >= 4 is 34.7 Å². The van der Waals surface area contributed by atoms with E-state index in [-0.39, 0.29) is 17.1 Å². The zero-order valence-electron chi connectivity index (χ0n) is 11.4. The largest absolute Gasteiger partial charge is 0.496 e. The molecule has 0 N–H and O–H groups in total. The van der Waals surface area contributed by atoms with E-state index in [1.807, 2.05) is 0 Å². The topological polar surface area (TPSA) is 89.8 Å². The van der Waals surface area contributed by atoms with Crippen molar-refractivity contribution in [1.82, 2.24) is 4.90 Å². The van der Waals surface area contributed by atoms with Crippen LogP contribution in [0, 0.1) is 22.5 Å². The molecule has 1 aromatic rings. The van der Waals surface area contributed by atoms with Crippen molar-refractivity contribution in [2.24, 2.45) is 0 Å². The van der Waals surface area contributed by atoms with Crippen molar-refractivity contribution in [3.05, 3.63) is 38.8 Å². The fourth-order valence-corrected chi connectivity index (χ4v) is 2.65. The predicted octanol–water partition coefficient (Wildman–Crippen LogP) is 2.27. The standard InChI is InChI=1S/C14H10N2O5S/c1-3-6-15-13(17)12(22-14(15)18)8-9-7-10(16(19)20)4-5-11(9)21-2/h1,4-5,7-8H,6H2,2H3/b12-8+. The molecule has 1 aromatic carbocycles. The molecule has 8 heteroatoms. The highest BCUT2D eigenvalue weighted by Gasteiger charge is 2.34. The lowest BCUT2D eigenvalue weighted by Crippen LogP contribution is -2.28. The van der Waals surface area contributed by atoms with Gasteiger partial charge in [0.25, 0.3) is 16.8 Å². The molecular weight excluding hydrogens is 308 g/mol. The van der Waals surface area contributed by atoms with Gasteiger partial charge in [-0.1, -0.05) is 5.92 Å². The lowest BCUT2D eigenvalue weighted by atomic mass is 10.1. The third kappa shape index (κ3) is 2.94. The molecule has 0 atom stereocenters. The number of terminal acetylenes is 1. The molecule has 7 nitrogen and oxygen atoms in total. The Morgan fingerprint density at radius 1 is 1.50 bits per heavy atom. The maximum atomic E-state index is 12.1. The van der Waals surface area contributed by atoms with E-state index >= 15 is 0 Å². The third-order valence-corrected chi connectivity index (χ3v) is 3.74. The zero-order chi connectivity index (χ0) is 16.3. The molecule has 1 heterocycles. The van der Waals surface area contributed by atoms with Crippen LogP contribution in [0.5, 0.6) is 5.75 Å². The maximum Gasteiger partial charge on any atom is 0.294 e. The molecule has 0 aliphatic carbocycles. The Kier molecular flexibility index (Phi) is 4.48. The average Bonchev–Trinajstić information content (AvgIpc) is 2.75. The van der Waals surface area contributed by atoms with E-state index in [1.54, 1.807) is 0 Å². The van der Waals surface area contributed by atoms with E-state index < -0.39 is 16.1 Å². The molecule has 0 saturated carbocycles. The van der Waals surface area contributed by atoms with Gasteiger partial charge >= 0.3 is 0 Å². The molecule has 0 bridgehead atoms. The number of imide groups is 1. The summed E-state index contributed by atoms with van der Waals surface area (Å²) in [5, 5.41) is 10.4. The monoisotopic (exact) mass is 318 g/mol. The van der Waals surface area contributed by atoms with Gasteiger partial charge in [-0.15, -0.1) is 6.42 Å². The Bertz CT molecular complexity index is 735. The number of ether oxygens (including phenoxy) is 1. The zero-order valence-corrected chi connectivity index (χ0v) is 12.3. The highest BCUT2D eigenvalue weighted by atomic mass is 32.2. The van der Waals surface area contributed by atoms with E-state index in [4.69, 9.17) is 11.2 Å². The first-order valence-electron chi connectivity index (χ1n) is 5.99.